The van der Waals surface area contributed by atoms with Crippen LogP contribution in [0.5, 0.6) is 0 Å². The number of hydrogen-bond acceptors (Lipinski definition) is 5. The van der Waals surface area contributed by atoms with E-state index >= 15 is 0 Å². The molecule has 1 saturated heterocycles. The molecule has 2 rings (SSSR count). The monoisotopic (exact) mass is 243 g/mol. The number of nitrogens with zero attached hydrogens (tertiary/aromatic N) is 1. The van der Waals surface area contributed by atoms with Crippen LogP contribution in [0.2, 0.25) is 0 Å². The molecule has 0 amide bonds. The van der Waals surface area contributed by atoms with Gasteiger partial charge in [-0.3, -0.25) is 9.69 Å². The van der Waals surface area contributed by atoms with E-state index in [4.69, 9.17) is 9.47 Å². The van der Waals surface area contributed by atoms with Crippen LogP contribution in [0.4, 0.5) is 0 Å². The fourth-order valence-electron chi connectivity index (χ4n) is 2.58. The van der Waals surface area contributed by atoms with Gasteiger partial charge in [-0.2, -0.15) is 0 Å². The summed E-state index contributed by atoms with van der Waals surface area (Å²) in [6.45, 7) is 3.30. The summed E-state index contributed by atoms with van der Waals surface area (Å²) in [4.78, 5) is 13.9. The van der Waals surface area contributed by atoms with E-state index in [0.29, 0.717) is 12.5 Å². The van der Waals surface area contributed by atoms with E-state index in [1.165, 1.54) is 7.11 Å². The zero-order valence-electron chi connectivity index (χ0n) is 10.5. The number of ether oxygens (including phenoxy) is 2. The highest BCUT2D eigenvalue weighted by molar-refractivity contribution is 5.76. The average Bonchev–Trinajstić information content (AvgIpc) is 3.12. The molecule has 0 radical (unpaired) electrons. The zero-order valence-corrected chi connectivity index (χ0v) is 10.5. The second-order valence-electron chi connectivity index (χ2n) is 5.01. The van der Waals surface area contributed by atoms with E-state index in [-0.39, 0.29) is 30.8 Å². The van der Waals surface area contributed by atoms with E-state index in [9.17, 15) is 9.90 Å². The van der Waals surface area contributed by atoms with Crippen molar-refractivity contribution in [2.45, 2.75) is 38.0 Å². The second kappa shape index (κ2) is 5.33. The molecule has 0 aromatic carbocycles. The van der Waals surface area contributed by atoms with Gasteiger partial charge in [-0.05, 0) is 25.7 Å². The molecule has 0 aromatic rings. The number of hydrogen-bond donors (Lipinski definition) is 1. The Hall–Kier alpha value is -0.650. The lowest BCUT2D eigenvalue weighted by Crippen LogP contribution is -2.55. The van der Waals surface area contributed by atoms with Gasteiger partial charge in [0.15, 0.2) is 0 Å². The van der Waals surface area contributed by atoms with E-state index in [1.807, 2.05) is 6.92 Å². The summed E-state index contributed by atoms with van der Waals surface area (Å²) in [5.74, 6) is 0.269. The molecule has 5 heteroatoms. The van der Waals surface area contributed by atoms with Crippen LogP contribution in [0.3, 0.4) is 0 Å². The third kappa shape index (κ3) is 2.97. The number of rotatable bonds is 4. The number of morpholine rings is 1. The van der Waals surface area contributed by atoms with Crippen LogP contribution in [0.25, 0.3) is 0 Å². The molecule has 98 valence electrons. The lowest BCUT2D eigenvalue weighted by molar-refractivity contribution is -0.156. The third-order valence-corrected chi connectivity index (χ3v) is 3.46. The number of esters is 1. The van der Waals surface area contributed by atoms with Gasteiger partial charge in [-0.25, -0.2) is 0 Å². The fourth-order valence-corrected chi connectivity index (χ4v) is 2.58. The van der Waals surface area contributed by atoms with Crippen molar-refractivity contribution >= 4 is 5.97 Å². The first kappa shape index (κ1) is 12.8. The maximum absolute atomic E-state index is 11.8. The van der Waals surface area contributed by atoms with Crippen LogP contribution >= 0.6 is 0 Å². The molecule has 1 aliphatic heterocycles. The Kier molecular flexibility index (Phi) is 4.01. The normalized spacial score (nSPS) is 32.2. The Bertz CT molecular complexity index is 280. The summed E-state index contributed by atoms with van der Waals surface area (Å²) in [7, 11) is 1.44. The Morgan fingerprint density at radius 2 is 2.24 bits per heavy atom. The van der Waals surface area contributed by atoms with Gasteiger partial charge in [0.1, 0.15) is 6.04 Å². The zero-order chi connectivity index (χ0) is 12.4. The molecule has 0 bridgehead atoms. The summed E-state index contributed by atoms with van der Waals surface area (Å²) in [5, 5.41) is 9.19. The molecule has 1 heterocycles. The van der Waals surface area contributed by atoms with Crippen molar-refractivity contribution in [1.29, 1.82) is 0 Å². The molecule has 2 fully saturated rings. The SMILES string of the molecule is COC(=O)C(C1CC1)N1CC(C)OC(CO)C1. The van der Waals surface area contributed by atoms with Gasteiger partial charge in [0, 0.05) is 13.1 Å². The van der Waals surface area contributed by atoms with Gasteiger partial charge in [0.25, 0.3) is 0 Å². The summed E-state index contributed by atoms with van der Waals surface area (Å²) in [6, 6.07) is -0.152. The molecule has 1 aliphatic carbocycles. The van der Waals surface area contributed by atoms with Crippen LogP contribution in [-0.2, 0) is 14.3 Å². The predicted molar refractivity (Wildman–Crippen MR) is 61.5 cm³/mol. The van der Waals surface area contributed by atoms with Crippen LogP contribution in [0, 0.1) is 5.92 Å². The summed E-state index contributed by atoms with van der Waals surface area (Å²) in [5.41, 5.74) is 0. The van der Waals surface area contributed by atoms with E-state index < -0.39 is 0 Å². The summed E-state index contributed by atoms with van der Waals surface area (Å²) < 4.78 is 10.5. The van der Waals surface area contributed by atoms with Crippen molar-refractivity contribution in [2.75, 3.05) is 26.8 Å². The maximum atomic E-state index is 11.8. The Labute approximate surface area is 102 Å². The smallest absolute Gasteiger partial charge is 0.323 e. The van der Waals surface area contributed by atoms with E-state index in [0.717, 1.165) is 19.4 Å². The van der Waals surface area contributed by atoms with E-state index in [2.05, 4.69) is 4.90 Å². The van der Waals surface area contributed by atoms with Crippen LogP contribution in [-0.4, -0.2) is 61.0 Å². The first-order valence-electron chi connectivity index (χ1n) is 6.24. The molecular formula is C12H21NO4. The average molecular weight is 243 g/mol. The Morgan fingerprint density at radius 3 is 2.76 bits per heavy atom. The van der Waals surface area contributed by atoms with Crippen molar-refractivity contribution in [3.63, 3.8) is 0 Å². The van der Waals surface area contributed by atoms with Crippen LogP contribution < -0.4 is 0 Å². The number of carbonyl (C=O) groups is 1. The largest absolute Gasteiger partial charge is 0.468 e. The van der Waals surface area contributed by atoms with Gasteiger partial charge < -0.3 is 14.6 Å². The van der Waals surface area contributed by atoms with Crippen molar-refractivity contribution in [3.8, 4) is 0 Å². The van der Waals surface area contributed by atoms with Gasteiger partial charge >= 0.3 is 5.97 Å². The topological polar surface area (TPSA) is 59.0 Å². The van der Waals surface area contributed by atoms with Gasteiger partial charge in [-0.1, -0.05) is 0 Å². The number of methoxy groups -OCH3 is 1. The molecule has 0 aromatic heterocycles. The van der Waals surface area contributed by atoms with Crippen LogP contribution in [0.1, 0.15) is 19.8 Å². The minimum atomic E-state index is -0.190. The van der Waals surface area contributed by atoms with Gasteiger partial charge in [0.2, 0.25) is 0 Å². The highest BCUT2D eigenvalue weighted by Gasteiger charge is 2.43. The van der Waals surface area contributed by atoms with E-state index in [1.54, 1.807) is 0 Å². The Morgan fingerprint density at radius 1 is 1.53 bits per heavy atom. The summed E-state index contributed by atoms with van der Waals surface area (Å²) >= 11 is 0. The lowest BCUT2D eigenvalue weighted by atomic mass is 10.1. The quantitative estimate of drug-likeness (QED) is 0.705. The minimum Gasteiger partial charge on any atom is -0.468 e. The first-order valence-corrected chi connectivity index (χ1v) is 6.24. The fraction of sp³-hybridized carbons (Fsp3) is 0.917. The molecule has 2 aliphatic rings. The van der Waals surface area contributed by atoms with Crippen LogP contribution in [0.15, 0.2) is 0 Å². The van der Waals surface area contributed by atoms with Crippen molar-refractivity contribution in [2.24, 2.45) is 5.92 Å². The van der Waals surface area contributed by atoms with Crippen molar-refractivity contribution < 1.29 is 19.4 Å². The molecule has 3 unspecified atom stereocenters. The molecular weight excluding hydrogens is 222 g/mol. The predicted octanol–water partition coefficient (Wildman–Crippen LogP) is 0.0196. The number of aliphatic hydroxyl groups excluding tert-OH is 1. The minimum absolute atomic E-state index is 0.000596. The standard InChI is InChI=1S/C12H21NO4/c1-8-5-13(6-10(7-14)17-8)11(9-3-4-9)12(15)16-2/h8-11,14H,3-7H2,1-2H3. The highest BCUT2D eigenvalue weighted by atomic mass is 16.5. The molecule has 1 saturated carbocycles. The molecule has 0 spiro atoms. The molecule has 1 N–H and O–H groups in total. The number of aliphatic hydroxyl groups is 1. The lowest BCUT2D eigenvalue weighted by Gasteiger charge is -2.39. The molecule has 17 heavy (non-hydrogen) atoms. The number of carbonyl (C=O) groups excluding carboxylic acids is 1. The van der Waals surface area contributed by atoms with Gasteiger partial charge in [-0.15, -0.1) is 0 Å². The maximum Gasteiger partial charge on any atom is 0.323 e. The second-order valence-corrected chi connectivity index (χ2v) is 5.01. The Balaban J connectivity index is 2.04. The molecule has 3 atom stereocenters. The van der Waals surface area contributed by atoms with Gasteiger partial charge in [0.05, 0.1) is 25.9 Å². The van der Waals surface area contributed by atoms with Crippen molar-refractivity contribution in [3.05, 3.63) is 0 Å². The first-order chi connectivity index (χ1) is 8.15. The van der Waals surface area contributed by atoms with Crippen molar-refractivity contribution in [1.82, 2.24) is 4.90 Å². The highest BCUT2D eigenvalue weighted by Crippen LogP contribution is 2.36. The third-order valence-electron chi connectivity index (χ3n) is 3.46. The summed E-state index contributed by atoms with van der Waals surface area (Å²) in [6.07, 6.45) is 2.04. The molecule has 5 nitrogen and oxygen atoms in total.